The molecule has 0 aliphatic carbocycles. The van der Waals surface area contributed by atoms with E-state index in [4.69, 9.17) is 9.15 Å². The van der Waals surface area contributed by atoms with Gasteiger partial charge in [-0.15, -0.1) is 11.3 Å². The first-order chi connectivity index (χ1) is 11.1. The van der Waals surface area contributed by atoms with E-state index < -0.39 is 11.9 Å². The number of carbonyl (C=O) groups excluding carboxylic acids is 2. The molecule has 0 bridgehead atoms. The van der Waals surface area contributed by atoms with Gasteiger partial charge in [0, 0.05) is 5.39 Å². The van der Waals surface area contributed by atoms with Crippen LogP contribution in [0.4, 0.5) is 5.00 Å². The molecule has 0 saturated carbocycles. The third-order valence-electron chi connectivity index (χ3n) is 3.25. The number of nitrogens with one attached hydrogen (secondary N) is 1. The van der Waals surface area contributed by atoms with Crippen molar-refractivity contribution in [3.63, 3.8) is 0 Å². The number of rotatable bonds is 4. The molecule has 0 aliphatic rings. The van der Waals surface area contributed by atoms with Crippen LogP contribution in [0, 0.1) is 0 Å². The van der Waals surface area contributed by atoms with Crippen molar-refractivity contribution in [2.75, 3.05) is 19.5 Å². The Hall–Kier alpha value is -2.80. The monoisotopic (exact) mass is 331 g/mol. The molecule has 0 saturated heterocycles. The predicted molar refractivity (Wildman–Crippen MR) is 86.4 cm³/mol. The molecule has 2 heterocycles. The standard InChI is InChI=1S/C16H13NO5S/c1-20-11-5-3-4-9-8-12(22-13(9)11)14(18)17-15-10(6-7-23-15)16(19)21-2/h3-8H,1-2H3,(H,17,18). The first-order valence-corrected chi connectivity index (χ1v) is 7.55. The summed E-state index contributed by atoms with van der Waals surface area (Å²) < 4.78 is 15.5. The van der Waals surface area contributed by atoms with E-state index in [9.17, 15) is 9.59 Å². The number of thiophene rings is 1. The number of furan rings is 1. The number of hydrogen-bond donors (Lipinski definition) is 1. The number of ether oxygens (including phenoxy) is 2. The van der Waals surface area contributed by atoms with Gasteiger partial charge in [-0.2, -0.15) is 0 Å². The number of amides is 1. The van der Waals surface area contributed by atoms with Crippen molar-refractivity contribution < 1.29 is 23.5 Å². The number of anilines is 1. The fraction of sp³-hybridized carbons (Fsp3) is 0.125. The van der Waals surface area contributed by atoms with Crippen LogP contribution in [0.15, 0.2) is 40.1 Å². The minimum absolute atomic E-state index is 0.133. The quantitative estimate of drug-likeness (QED) is 0.740. The lowest BCUT2D eigenvalue weighted by molar-refractivity contribution is 0.0602. The van der Waals surface area contributed by atoms with Crippen molar-refractivity contribution in [1.82, 2.24) is 0 Å². The molecule has 0 radical (unpaired) electrons. The highest BCUT2D eigenvalue weighted by Gasteiger charge is 2.19. The number of fused-ring (bicyclic) bond motifs is 1. The van der Waals surface area contributed by atoms with Gasteiger partial charge in [0.1, 0.15) is 5.00 Å². The van der Waals surface area contributed by atoms with Crippen LogP contribution in [0.2, 0.25) is 0 Å². The van der Waals surface area contributed by atoms with E-state index in [2.05, 4.69) is 10.1 Å². The normalized spacial score (nSPS) is 10.5. The zero-order valence-electron chi connectivity index (χ0n) is 12.4. The Kier molecular flexibility index (Phi) is 4.03. The zero-order valence-corrected chi connectivity index (χ0v) is 13.2. The highest BCUT2D eigenvalue weighted by Crippen LogP contribution is 2.30. The summed E-state index contributed by atoms with van der Waals surface area (Å²) >= 11 is 1.23. The largest absolute Gasteiger partial charge is 0.493 e. The van der Waals surface area contributed by atoms with E-state index in [-0.39, 0.29) is 5.76 Å². The summed E-state index contributed by atoms with van der Waals surface area (Å²) in [6, 6.07) is 8.60. The van der Waals surface area contributed by atoms with Crippen molar-refractivity contribution in [3.05, 3.63) is 47.0 Å². The number of benzene rings is 1. The fourth-order valence-electron chi connectivity index (χ4n) is 2.15. The summed E-state index contributed by atoms with van der Waals surface area (Å²) in [7, 11) is 2.82. The molecule has 1 aromatic carbocycles. The summed E-state index contributed by atoms with van der Waals surface area (Å²) in [5, 5.41) is 5.53. The van der Waals surface area contributed by atoms with Gasteiger partial charge in [-0.3, -0.25) is 4.79 Å². The Morgan fingerprint density at radius 2 is 2.04 bits per heavy atom. The van der Waals surface area contributed by atoms with E-state index in [1.807, 2.05) is 12.1 Å². The predicted octanol–water partition coefficient (Wildman–Crippen LogP) is 3.54. The number of hydrogen-bond acceptors (Lipinski definition) is 6. The minimum atomic E-state index is -0.507. The molecule has 23 heavy (non-hydrogen) atoms. The van der Waals surface area contributed by atoms with Crippen LogP contribution < -0.4 is 10.1 Å². The van der Waals surface area contributed by atoms with Crippen molar-refractivity contribution in [1.29, 1.82) is 0 Å². The summed E-state index contributed by atoms with van der Waals surface area (Å²) in [5.74, 6) is -0.273. The lowest BCUT2D eigenvalue weighted by atomic mass is 10.2. The molecular formula is C16H13NO5S. The van der Waals surface area contributed by atoms with Crippen molar-refractivity contribution in [2.24, 2.45) is 0 Å². The van der Waals surface area contributed by atoms with Crippen molar-refractivity contribution >= 4 is 39.2 Å². The van der Waals surface area contributed by atoms with Gasteiger partial charge in [-0.1, -0.05) is 12.1 Å². The molecule has 7 heteroatoms. The second kappa shape index (κ2) is 6.13. The molecule has 0 fully saturated rings. The highest BCUT2D eigenvalue weighted by molar-refractivity contribution is 7.14. The average Bonchev–Trinajstić information content (AvgIpc) is 3.20. The van der Waals surface area contributed by atoms with E-state index in [0.717, 1.165) is 5.39 Å². The Morgan fingerprint density at radius 3 is 2.78 bits per heavy atom. The lowest BCUT2D eigenvalue weighted by Gasteiger charge is -2.03. The van der Waals surface area contributed by atoms with Gasteiger partial charge >= 0.3 is 5.97 Å². The zero-order chi connectivity index (χ0) is 16.4. The molecule has 3 rings (SSSR count). The molecule has 0 atom stereocenters. The maximum absolute atomic E-state index is 12.4. The van der Waals surface area contributed by atoms with Gasteiger partial charge in [-0.25, -0.2) is 4.79 Å². The van der Waals surface area contributed by atoms with Crippen molar-refractivity contribution in [2.45, 2.75) is 0 Å². The number of carbonyl (C=O) groups is 2. The maximum Gasteiger partial charge on any atom is 0.340 e. The Labute approximate surface area is 135 Å². The topological polar surface area (TPSA) is 77.8 Å². The summed E-state index contributed by atoms with van der Waals surface area (Å²) in [4.78, 5) is 24.0. The Balaban J connectivity index is 1.90. The van der Waals surface area contributed by atoms with E-state index in [1.54, 1.807) is 23.6 Å². The van der Waals surface area contributed by atoms with Gasteiger partial charge in [0.15, 0.2) is 17.1 Å². The SMILES string of the molecule is COC(=O)c1ccsc1NC(=O)c1cc2cccc(OC)c2o1. The van der Waals surface area contributed by atoms with E-state index >= 15 is 0 Å². The Morgan fingerprint density at radius 1 is 1.22 bits per heavy atom. The number of para-hydroxylation sites is 1. The molecule has 118 valence electrons. The molecule has 0 unspecified atom stereocenters. The van der Waals surface area contributed by atoms with Crippen LogP contribution in [-0.4, -0.2) is 26.1 Å². The molecule has 3 aromatic rings. The van der Waals surface area contributed by atoms with Crippen LogP contribution in [-0.2, 0) is 4.74 Å². The molecule has 6 nitrogen and oxygen atoms in total. The van der Waals surface area contributed by atoms with Crippen molar-refractivity contribution in [3.8, 4) is 5.75 Å². The maximum atomic E-state index is 12.4. The van der Waals surface area contributed by atoms with Crippen LogP contribution in [0.1, 0.15) is 20.9 Å². The molecule has 1 N–H and O–H groups in total. The smallest absolute Gasteiger partial charge is 0.340 e. The fourth-order valence-corrected chi connectivity index (χ4v) is 2.92. The Bertz CT molecular complexity index is 880. The molecular weight excluding hydrogens is 318 g/mol. The number of methoxy groups -OCH3 is 2. The lowest BCUT2D eigenvalue weighted by Crippen LogP contribution is -2.12. The van der Waals surface area contributed by atoms with Crippen LogP contribution in [0.25, 0.3) is 11.0 Å². The molecule has 0 spiro atoms. The van der Waals surface area contributed by atoms with Crippen LogP contribution in [0.5, 0.6) is 5.75 Å². The first-order valence-electron chi connectivity index (χ1n) is 6.67. The average molecular weight is 331 g/mol. The van der Waals surface area contributed by atoms with E-state index in [0.29, 0.717) is 21.9 Å². The van der Waals surface area contributed by atoms with Gasteiger partial charge < -0.3 is 19.2 Å². The first kappa shape index (κ1) is 15.1. The second-order valence-electron chi connectivity index (χ2n) is 4.60. The third-order valence-corrected chi connectivity index (χ3v) is 4.08. The summed E-state index contributed by atoms with van der Waals surface area (Å²) in [6.45, 7) is 0. The van der Waals surface area contributed by atoms with Gasteiger partial charge in [0.25, 0.3) is 5.91 Å². The summed E-state index contributed by atoms with van der Waals surface area (Å²) in [6.07, 6.45) is 0. The number of esters is 1. The molecule has 0 aliphatic heterocycles. The van der Waals surface area contributed by atoms with Gasteiger partial charge in [0.2, 0.25) is 0 Å². The van der Waals surface area contributed by atoms with Crippen LogP contribution >= 0.6 is 11.3 Å². The minimum Gasteiger partial charge on any atom is -0.493 e. The van der Waals surface area contributed by atoms with E-state index in [1.165, 1.54) is 25.6 Å². The third kappa shape index (κ3) is 2.78. The van der Waals surface area contributed by atoms with Gasteiger partial charge in [0.05, 0.1) is 19.8 Å². The molecule has 2 aromatic heterocycles. The highest BCUT2D eigenvalue weighted by atomic mass is 32.1. The van der Waals surface area contributed by atoms with Gasteiger partial charge in [-0.05, 0) is 23.6 Å². The van der Waals surface area contributed by atoms with Crippen LogP contribution in [0.3, 0.4) is 0 Å². The molecule has 1 amide bonds. The summed E-state index contributed by atoms with van der Waals surface area (Å²) in [5.41, 5.74) is 0.805. The second-order valence-corrected chi connectivity index (χ2v) is 5.51.